The summed E-state index contributed by atoms with van der Waals surface area (Å²) in [6, 6.07) is 23.1. The van der Waals surface area contributed by atoms with Crippen LogP contribution in [0.2, 0.25) is 0 Å². The van der Waals surface area contributed by atoms with Gasteiger partial charge in [0.2, 0.25) is 0 Å². The van der Waals surface area contributed by atoms with Gasteiger partial charge in [0, 0.05) is 21.9 Å². The highest BCUT2D eigenvalue weighted by Crippen LogP contribution is 2.41. The molecule has 0 aliphatic carbocycles. The topological polar surface area (TPSA) is 138 Å². The minimum Gasteiger partial charge on any atom is -0.493 e. The molecule has 4 aromatic carbocycles. The molecule has 2 aromatic heterocycles. The molecule has 0 atom stereocenters. The largest absolute Gasteiger partial charge is 0.493 e. The van der Waals surface area contributed by atoms with Crippen LogP contribution in [0.25, 0.3) is 44.6 Å². The Morgan fingerprint density at radius 3 is 1.31 bits per heavy atom. The van der Waals surface area contributed by atoms with E-state index < -0.39 is 11.9 Å². The van der Waals surface area contributed by atoms with Gasteiger partial charge in [0.15, 0.2) is 22.7 Å². The molecule has 0 bridgehead atoms. The Hall–Kier alpha value is -5.84. The van der Waals surface area contributed by atoms with Gasteiger partial charge in [-0.2, -0.15) is 0 Å². The molecule has 0 radical (unpaired) electrons. The summed E-state index contributed by atoms with van der Waals surface area (Å²) in [7, 11) is 3.07. The number of furan rings is 2. The van der Waals surface area contributed by atoms with Gasteiger partial charge in [0.25, 0.3) is 0 Å². The summed E-state index contributed by atoms with van der Waals surface area (Å²) < 4.78 is 35.3. The number of carbonyl (C=O) groups is 2. The summed E-state index contributed by atoms with van der Waals surface area (Å²) >= 11 is 0. The molecule has 0 saturated carbocycles. The number of esters is 2. The number of aliphatic hydroxyl groups is 2. The lowest BCUT2D eigenvalue weighted by Gasteiger charge is -2.07. The van der Waals surface area contributed by atoms with E-state index in [9.17, 15) is 19.8 Å². The summed E-state index contributed by atoms with van der Waals surface area (Å²) in [5.74, 6) is 0.748. The average Bonchev–Trinajstić information content (AvgIpc) is 3.89. The molecule has 0 fully saturated rings. The Bertz CT molecular complexity index is 2250. The zero-order valence-electron chi connectivity index (χ0n) is 36.6. The average molecular weight is 845 g/mol. The summed E-state index contributed by atoms with van der Waals surface area (Å²) in [5, 5.41) is 20.9. The molecule has 6 aromatic rings. The van der Waals surface area contributed by atoms with E-state index in [2.05, 4.69) is 50.3 Å². The molecule has 10 nitrogen and oxygen atoms in total. The number of allylic oxidation sites excluding steroid dienone is 2. The van der Waals surface area contributed by atoms with E-state index in [0.29, 0.717) is 80.1 Å². The van der Waals surface area contributed by atoms with Crippen LogP contribution in [-0.2, 0) is 35.5 Å². The van der Waals surface area contributed by atoms with Crippen molar-refractivity contribution in [2.45, 2.75) is 104 Å². The monoisotopic (exact) mass is 844 g/mol. The number of unbranched alkanes of at least 4 members (excludes halogenated alkanes) is 6. The van der Waals surface area contributed by atoms with E-state index in [4.69, 9.17) is 27.8 Å². The van der Waals surface area contributed by atoms with E-state index in [0.717, 1.165) is 75.3 Å². The lowest BCUT2D eigenvalue weighted by molar-refractivity contribution is 0.0491. The minimum atomic E-state index is -0.481. The van der Waals surface area contributed by atoms with Gasteiger partial charge in [-0.3, -0.25) is 0 Å². The maximum absolute atomic E-state index is 13.7. The quantitative estimate of drug-likeness (QED) is 0.0344. The van der Waals surface area contributed by atoms with Crippen molar-refractivity contribution in [1.29, 1.82) is 0 Å². The molecule has 0 amide bonds. The maximum Gasteiger partial charge on any atom is 0.342 e. The molecule has 6 rings (SSSR count). The molecular weight excluding hydrogens is 785 g/mol. The molecule has 0 aliphatic heterocycles. The second-order valence-corrected chi connectivity index (χ2v) is 15.6. The number of carbonyl (C=O) groups excluding carboxylic acids is 2. The molecule has 62 heavy (non-hydrogen) atoms. The fourth-order valence-electron chi connectivity index (χ4n) is 7.59. The minimum absolute atomic E-state index is 0.211. The molecule has 2 N–H and O–H groups in total. The van der Waals surface area contributed by atoms with Crippen molar-refractivity contribution in [3.05, 3.63) is 118 Å². The van der Waals surface area contributed by atoms with E-state index in [1.807, 2.05) is 24.3 Å². The summed E-state index contributed by atoms with van der Waals surface area (Å²) in [6.07, 6.45) is 15.4. The third kappa shape index (κ3) is 11.2. The van der Waals surface area contributed by atoms with Crippen LogP contribution < -0.4 is 9.47 Å². The highest BCUT2D eigenvalue weighted by molar-refractivity contribution is 6.11. The Labute approximate surface area is 364 Å². The zero-order chi connectivity index (χ0) is 43.8. The fourth-order valence-corrected chi connectivity index (χ4v) is 7.59. The third-order valence-corrected chi connectivity index (χ3v) is 11.1. The molecule has 0 saturated heterocycles. The lowest BCUT2D eigenvalue weighted by Crippen LogP contribution is -2.07. The van der Waals surface area contributed by atoms with Gasteiger partial charge in [-0.05, 0) is 111 Å². The van der Waals surface area contributed by atoms with Crippen LogP contribution in [-0.4, -0.2) is 49.6 Å². The smallest absolute Gasteiger partial charge is 0.342 e. The highest BCUT2D eigenvalue weighted by Gasteiger charge is 2.28. The Morgan fingerprint density at radius 1 is 0.548 bits per heavy atom. The van der Waals surface area contributed by atoms with Crippen LogP contribution >= 0.6 is 0 Å². The van der Waals surface area contributed by atoms with Crippen molar-refractivity contribution < 1.29 is 47.6 Å². The SMILES string of the molecule is CCCCc1ccc(-c2oc3c(OC)cc(CO)cc3c2C(=O)OCCCC/C=C\CCCCOC(=O)c2c(-c3ccc(CCCC)cc3)oc3c(OC)cc(CO)cc23)cc1. The lowest BCUT2D eigenvalue weighted by atomic mass is 10.0. The van der Waals surface area contributed by atoms with Gasteiger partial charge in [0.1, 0.15) is 22.6 Å². The molecule has 0 unspecified atom stereocenters. The normalized spacial score (nSPS) is 11.5. The third-order valence-electron chi connectivity index (χ3n) is 11.1. The second-order valence-electron chi connectivity index (χ2n) is 15.6. The van der Waals surface area contributed by atoms with Crippen molar-refractivity contribution in [2.75, 3.05) is 27.4 Å². The van der Waals surface area contributed by atoms with Crippen LogP contribution in [0, 0.1) is 0 Å². The van der Waals surface area contributed by atoms with Gasteiger partial charge >= 0.3 is 11.9 Å². The first-order valence-corrected chi connectivity index (χ1v) is 22.0. The number of rotatable bonds is 24. The Balaban J connectivity index is 0.988. The molecular formula is C52H60O10. The maximum atomic E-state index is 13.7. The van der Waals surface area contributed by atoms with Crippen molar-refractivity contribution in [3.63, 3.8) is 0 Å². The van der Waals surface area contributed by atoms with Crippen LogP contribution in [0.4, 0.5) is 0 Å². The summed E-state index contributed by atoms with van der Waals surface area (Å²) in [4.78, 5) is 27.3. The van der Waals surface area contributed by atoms with Crippen LogP contribution in [0.1, 0.15) is 121 Å². The van der Waals surface area contributed by atoms with E-state index in [-0.39, 0.29) is 26.4 Å². The first-order chi connectivity index (χ1) is 30.3. The van der Waals surface area contributed by atoms with Crippen LogP contribution in [0.5, 0.6) is 11.5 Å². The fraction of sp³-hybridized carbons (Fsp3) is 0.385. The number of aryl methyl sites for hydroxylation is 2. The van der Waals surface area contributed by atoms with E-state index in [1.165, 1.54) is 25.3 Å². The van der Waals surface area contributed by atoms with Gasteiger partial charge in [0.05, 0.1) is 40.6 Å². The van der Waals surface area contributed by atoms with Crippen molar-refractivity contribution in [3.8, 4) is 34.1 Å². The number of methoxy groups -OCH3 is 2. The number of fused-ring (bicyclic) bond motifs is 2. The Morgan fingerprint density at radius 2 is 0.952 bits per heavy atom. The van der Waals surface area contributed by atoms with E-state index in [1.54, 1.807) is 24.3 Å². The molecule has 0 spiro atoms. The van der Waals surface area contributed by atoms with Gasteiger partial charge < -0.3 is 38.0 Å². The van der Waals surface area contributed by atoms with Gasteiger partial charge in [-0.25, -0.2) is 9.59 Å². The number of hydrogen-bond acceptors (Lipinski definition) is 10. The second kappa shape index (κ2) is 22.8. The van der Waals surface area contributed by atoms with Crippen molar-refractivity contribution >= 4 is 33.9 Å². The van der Waals surface area contributed by atoms with E-state index >= 15 is 0 Å². The number of aliphatic hydroxyl groups excluding tert-OH is 2. The first-order valence-electron chi connectivity index (χ1n) is 22.0. The summed E-state index contributed by atoms with van der Waals surface area (Å²) in [6.45, 7) is 4.42. The van der Waals surface area contributed by atoms with Gasteiger partial charge in [-0.1, -0.05) is 87.4 Å². The number of ether oxygens (including phenoxy) is 4. The first kappa shape index (κ1) is 45.7. The molecule has 10 heteroatoms. The number of benzene rings is 4. The standard InChI is InChI=1S/C52H60O10/c1-5-7-17-35-19-23-39(24-20-35)47-45(41-29-37(33-53)31-43(57-3)49(41)61-47)51(55)59-27-15-13-11-9-10-12-14-16-28-60-52(56)46-42-30-38(34-54)32-44(58-4)50(42)62-48(46)40-25-21-36(22-26-40)18-8-6-2/h9-10,19-26,29-32,53-54H,5-8,11-18,27-28,33-34H2,1-4H3/b10-9-. The zero-order valence-corrected chi connectivity index (χ0v) is 36.6. The molecule has 2 heterocycles. The molecule has 0 aliphatic rings. The van der Waals surface area contributed by atoms with Crippen LogP contribution in [0.15, 0.2) is 93.8 Å². The predicted octanol–water partition coefficient (Wildman–Crippen LogP) is 12.1. The summed E-state index contributed by atoms with van der Waals surface area (Å²) in [5.41, 5.74) is 6.70. The van der Waals surface area contributed by atoms with Crippen molar-refractivity contribution in [2.24, 2.45) is 0 Å². The van der Waals surface area contributed by atoms with Crippen molar-refractivity contribution in [1.82, 2.24) is 0 Å². The van der Waals surface area contributed by atoms with Gasteiger partial charge in [-0.15, -0.1) is 0 Å². The van der Waals surface area contributed by atoms with Crippen LogP contribution in [0.3, 0.4) is 0 Å². The number of hydrogen-bond donors (Lipinski definition) is 2. The molecule has 328 valence electrons. The highest BCUT2D eigenvalue weighted by atomic mass is 16.5. The predicted molar refractivity (Wildman–Crippen MR) is 243 cm³/mol. The Kier molecular flexibility index (Phi) is 16.8.